The fourth-order valence-electron chi connectivity index (χ4n) is 2.49. The van der Waals surface area contributed by atoms with E-state index in [-0.39, 0.29) is 5.69 Å². The first-order chi connectivity index (χ1) is 8.91. The molecular weight excluding hydrogens is 242 g/mol. The largest absolute Gasteiger partial charge is 0.477 e. The van der Waals surface area contributed by atoms with Crippen LogP contribution in [0.1, 0.15) is 27.3 Å². The summed E-state index contributed by atoms with van der Waals surface area (Å²) < 4.78 is 3.54. The Morgan fingerprint density at radius 3 is 2.47 bits per heavy atom. The first-order valence-electron chi connectivity index (χ1n) is 6.09. The Labute approximate surface area is 110 Å². The number of carboxylic acids is 1. The maximum Gasteiger partial charge on any atom is 0.354 e. The molecule has 0 radical (unpaired) electrons. The van der Waals surface area contributed by atoms with Crippen molar-refractivity contribution in [3.8, 4) is 0 Å². The third-order valence-electron chi connectivity index (χ3n) is 3.82. The lowest BCUT2D eigenvalue weighted by molar-refractivity contribution is 0.0688. The zero-order valence-electron chi connectivity index (χ0n) is 11.4. The van der Waals surface area contributed by atoms with Crippen molar-refractivity contribution in [2.24, 2.45) is 7.05 Å². The van der Waals surface area contributed by atoms with Gasteiger partial charge in [-0.05, 0) is 44.0 Å². The number of imidazole rings is 2. The number of rotatable bonds is 1. The Bertz CT molecular complexity index is 840. The molecule has 0 aliphatic rings. The summed E-state index contributed by atoms with van der Waals surface area (Å²) >= 11 is 0. The Hall–Kier alpha value is -2.30. The van der Waals surface area contributed by atoms with Gasteiger partial charge in [-0.15, -0.1) is 0 Å². The van der Waals surface area contributed by atoms with Gasteiger partial charge < -0.3 is 9.67 Å². The molecule has 0 saturated carbocycles. The molecule has 0 spiro atoms. The number of nitrogens with zero attached hydrogens (tertiary/aromatic N) is 3. The van der Waals surface area contributed by atoms with E-state index in [9.17, 15) is 9.90 Å². The van der Waals surface area contributed by atoms with E-state index in [0.29, 0.717) is 11.5 Å². The van der Waals surface area contributed by atoms with Crippen LogP contribution in [0.2, 0.25) is 0 Å². The molecule has 98 valence electrons. The number of aromatic carboxylic acids is 1. The second kappa shape index (κ2) is 3.60. The Morgan fingerprint density at radius 2 is 1.84 bits per heavy atom. The molecule has 0 aliphatic carbocycles. The topological polar surface area (TPSA) is 59.5 Å². The van der Waals surface area contributed by atoms with Gasteiger partial charge in [-0.3, -0.25) is 4.40 Å². The first-order valence-corrected chi connectivity index (χ1v) is 6.09. The van der Waals surface area contributed by atoms with E-state index >= 15 is 0 Å². The molecule has 1 N–H and O–H groups in total. The van der Waals surface area contributed by atoms with E-state index in [1.807, 2.05) is 37.6 Å². The summed E-state index contributed by atoms with van der Waals surface area (Å²) in [5, 5.41) is 9.42. The third-order valence-corrected chi connectivity index (χ3v) is 3.82. The molecule has 0 saturated heterocycles. The van der Waals surface area contributed by atoms with Crippen LogP contribution in [0.3, 0.4) is 0 Å². The van der Waals surface area contributed by atoms with Crippen molar-refractivity contribution in [2.45, 2.75) is 20.8 Å². The van der Waals surface area contributed by atoms with E-state index in [1.165, 1.54) is 0 Å². The lowest BCUT2D eigenvalue weighted by Crippen LogP contribution is -2.04. The molecule has 5 nitrogen and oxygen atoms in total. The van der Waals surface area contributed by atoms with Crippen LogP contribution in [0.15, 0.2) is 12.1 Å². The highest BCUT2D eigenvalue weighted by molar-refractivity contribution is 5.92. The van der Waals surface area contributed by atoms with Crippen LogP contribution in [0.25, 0.3) is 16.8 Å². The fourth-order valence-corrected chi connectivity index (χ4v) is 2.49. The van der Waals surface area contributed by atoms with Crippen LogP contribution in [-0.2, 0) is 7.05 Å². The summed E-state index contributed by atoms with van der Waals surface area (Å²) in [5.74, 6) is -0.268. The molecule has 2 aromatic heterocycles. The predicted octanol–water partition coefficient (Wildman–Crippen LogP) is 2.45. The number of carboxylic acid groups (broad SMARTS) is 1. The molecule has 1 aromatic carbocycles. The maximum absolute atomic E-state index is 11.5. The quantitative estimate of drug-likeness (QED) is 0.728. The van der Waals surface area contributed by atoms with Crippen LogP contribution < -0.4 is 0 Å². The molecule has 5 heteroatoms. The SMILES string of the molecule is Cc1cc2nc3n(C)c(C)c(C(=O)O)n3c2cc1C. The van der Waals surface area contributed by atoms with Crippen molar-refractivity contribution in [3.05, 3.63) is 34.6 Å². The average molecular weight is 257 g/mol. The summed E-state index contributed by atoms with van der Waals surface area (Å²) in [6, 6.07) is 4.00. The molecule has 19 heavy (non-hydrogen) atoms. The summed E-state index contributed by atoms with van der Waals surface area (Å²) in [7, 11) is 1.84. The second-order valence-electron chi connectivity index (χ2n) is 4.97. The van der Waals surface area contributed by atoms with Crippen molar-refractivity contribution in [3.63, 3.8) is 0 Å². The van der Waals surface area contributed by atoms with E-state index in [4.69, 9.17) is 0 Å². The minimum Gasteiger partial charge on any atom is -0.477 e. The highest BCUT2D eigenvalue weighted by Gasteiger charge is 2.21. The van der Waals surface area contributed by atoms with Crippen molar-refractivity contribution in [1.82, 2.24) is 14.0 Å². The smallest absolute Gasteiger partial charge is 0.354 e. The van der Waals surface area contributed by atoms with E-state index in [0.717, 1.165) is 22.2 Å². The highest BCUT2D eigenvalue weighted by atomic mass is 16.4. The lowest BCUT2D eigenvalue weighted by atomic mass is 10.1. The Kier molecular flexibility index (Phi) is 2.23. The van der Waals surface area contributed by atoms with Gasteiger partial charge >= 0.3 is 5.97 Å². The maximum atomic E-state index is 11.5. The molecule has 0 amide bonds. The van der Waals surface area contributed by atoms with E-state index < -0.39 is 5.97 Å². The van der Waals surface area contributed by atoms with E-state index in [1.54, 1.807) is 11.3 Å². The molecule has 0 aliphatic heterocycles. The monoisotopic (exact) mass is 257 g/mol. The molecule has 2 heterocycles. The van der Waals surface area contributed by atoms with Gasteiger partial charge in [0.2, 0.25) is 5.78 Å². The molecule has 0 unspecified atom stereocenters. The third kappa shape index (κ3) is 1.41. The van der Waals surface area contributed by atoms with Crippen LogP contribution in [-0.4, -0.2) is 25.0 Å². The zero-order chi connectivity index (χ0) is 13.9. The Balaban J connectivity index is 2.59. The summed E-state index contributed by atoms with van der Waals surface area (Å²) in [5.41, 5.74) is 4.95. The zero-order valence-corrected chi connectivity index (χ0v) is 11.4. The minimum atomic E-state index is -0.930. The highest BCUT2D eigenvalue weighted by Crippen LogP contribution is 2.25. The minimum absolute atomic E-state index is 0.281. The van der Waals surface area contributed by atoms with Crippen molar-refractivity contribution in [2.75, 3.05) is 0 Å². The average Bonchev–Trinajstić information content (AvgIpc) is 2.78. The first kappa shape index (κ1) is 11.8. The number of benzene rings is 1. The van der Waals surface area contributed by atoms with Crippen LogP contribution in [0.4, 0.5) is 0 Å². The van der Waals surface area contributed by atoms with Crippen molar-refractivity contribution >= 4 is 22.8 Å². The summed E-state index contributed by atoms with van der Waals surface area (Å²) in [6.45, 7) is 5.84. The van der Waals surface area contributed by atoms with Gasteiger partial charge in [0, 0.05) is 12.7 Å². The number of hydrogen-bond acceptors (Lipinski definition) is 2. The van der Waals surface area contributed by atoms with Gasteiger partial charge in [0.25, 0.3) is 0 Å². The molecule has 0 fully saturated rings. The van der Waals surface area contributed by atoms with Gasteiger partial charge in [0.15, 0.2) is 5.69 Å². The van der Waals surface area contributed by atoms with Crippen LogP contribution >= 0.6 is 0 Å². The number of aryl methyl sites for hydroxylation is 3. The van der Waals surface area contributed by atoms with Crippen molar-refractivity contribution < 1.29 is 9.90 Å². The number of aromatic nitrogens is 3. The number of carbonyl (C=O) groups is 1. The van der Waals surface area contributed by atoms with Crippen LogP contribution in [0.5, 0.6) is 0 Å². The standard InChI is InChI=1S/C14H15N3O2/c1-7-5-10-11(6-8(7)2)17-12(13(18)19)9(3)16(4)14(17)15-10/h5-6H,1-4H3,(H,18,19). The fraction of sp³-hybridized carbons (Fsp3) is 0.286. The van der Waals surface area contributed by atoms with Gasteiger partial charge in [-0.2, -0.15) is 0 Å². The van der Waals surface area contributed by atoms with E-state index in [2.05, 4.69) is 4.98 Å². The predicted molar refractivity (Wildman–Crippen MR) is 72.8 cm³/mol. The molecule has 3 rings (SSSR count). The summed E-state index contributed by atoms with van der Waals surface area (Å²) in [4.78, 5) is 16.0. The number of fused-ring (bicyclic) bond motifs is 3. The Morgan fingerprint density at radius 1 is 1.21 bits per heavy atom. The molecular formula is C14H15N3O2. The molecule has 0 bridgehead atoms. The van der Waals surface area contributed by atoms with Crippen molar-refractivity contribution in [1.29, 1.82) is 0 Å². The molecule has 3 aromatic rings. The van der Waals surface area contributed by atoms with Gasteiger partial charge in [-0.1, -0.05) is 0 Å². The second-order valence-corrected chi connectivity index (χ2v) is 4.97. The van der Waals surface area contributed by atoms with Gasteiger partial charge in [0.05, 0.1) is 11.0 Å². The van der Waals surface area contributed by atoms with Gasteiger partial charge in [-0.25, -0.2) is 9.78 Å². The lowest BCUT2D eigenvalue weighted by Gasteiger charge is -2.01. The van der Waals surface area contributed by atoms with Crippen LogP contribution in [0, 0.1) is 20.8 Å². The van der Waals surface area contributed by atoms with Gasteiger partial charge in [0.1, 0.15) is 0 Å². The molecule has 0 atom stereocenters. The summed E-state index contributed by atoms with van der Waals surface area (Å²) in [6.07, 6.45) is 0. The number of hydrogen-bond donors (Lipinski definition) is 1. The normalized spacial score (nSPS) is 11.6.